The van der Waals surface area contributed by atoms with Gasteiger partial charge < -0.3 is 19.8 Å². The van der Waals surface area contributed by atoms with Gasteiger partial charge in [0.25, 0.3) is 0 Å². The smallest absolute Gasteiger partial charge is 0.357 e. The fourth-order valence-corrected chi connectivity index (χ4v) is 2.58. The number of carbonyl (C=O) groups excluding carboxylic acids is 1. The van der Waals surface area contributed by atoms with Gasteiger partial charge in [0, 0.05) is 23.6 Å². The molecule has 2 aromatic heterocycles. The van der Waals surface area contributed by atoms with Crippen LogP contribution in [-0.2, 0) is 4.74 Å². The molecule has 0 aliphatic heterocycles. The lowest BCUT2D eigenvalue weighted by atomic mass is 10.1. The van der Waals surface area contributed by atoms with E-state index in [2.05, 4.69) is 25.3 Å². The summed E-state index contributed by atoms with van der Waals surface area (Å²) < 4.78 is 10.5. The molecule has 2 heterocycles. The van der Waals surface area contributed by atoms with Gasteiger partial charge in [0.15, 0.2) is 5.69 Å². The lowest BCUT2D eigenvalue weighted by Gasteiger charge is -2.11. The molecular formula is C19H21N5O3. The lowest BCUT2D eigenvalue weighted by molar-refractivity contribution is 0.0519. The Bertz CT molecular complexity index is 968. The molecule has 0 amide bonds. The maximum atomic E-state index is 11.9. The van der Waals surface area contributed by atoms with Gasteiger partial charge in [-0.3, -0.25) is 0 Å². The third-order valence-electron chi connectivity index (χ3n) is 3.76. The van der Waals surface area contributed by atoms with Crippen LogP contribution < -0.4 is 10.1 Å². The molecule has 0 radical (unpaired) electrons. The fourth-order valence-electron chi connectivity index (χ4n) is 2.58. The van der Waals surface area contributed by atoms with Crippen molar-refractivity contribution < 1.29 is 14.3 Å². The number of anilines is 2. The normalized spacial score (nSPS) is 10.5. The maximum absolute atomic E-state index is 11.9. The lowest BCUT2D eigenvalue weighted by Crippen LogP contribution is -2.10. The molecule has 27 heavy (non-hydrogen) atoms. The minimum Gasteiger partial charge on any atom is -0.496 e. The van der Waals surface area contributed by atoms with Crippen LogP contribution in [0.3, 0.4) is 0 Å². The highest BCUT2D eigenvalue weighted by Crippen LogP contribution is 2.31. The molecule has 0 saturated heterocycles. The van der Waals surface area contributed by atoms with Gasteiger partial charge >= 0.3 is 5.97 Å². The Morgan fingerprint density at radius 1 is 1.15 bits per heavy atom. The molecule has 8 heteroatoms. The number of aromatic nitrogens is 4. The summed E-state index contributed by atoms with van der Waals surface area (Å²) in [5.74, 6) is 1.20. The maximum Gasteiger partial charge on any atom is 0.357 e. The van der Waals surface area contributed by atoms with E-state index in [1.54, 1.807) is 27.0 Å². The van der Waals surface area contributed by atoms with Crippen molar-refractivity contribution in [1.82, 2.24) is 19.9 Å². The summed E-state index contributed by atoms with van der Waals surface area (Å²) in [5.41, 5.74) is 3.33. The number of benzene rings is 1. The first kappa shape index (κ1) is 18.4. The van der Waals surface area contributed by atoms with Crippen LogP contribution in [0.1, 0.15) is 28.8 Å². The van der Waals surface area contributed by atoms with Crippen molar-refractivity contribution >= 4 is 17.6 Å². The van der Waals surface area contributed by atoms with Gasteiger partial charge in [-0.1, -0.05) is 0 Å². The van der Waals surface area contributed by atoms with Gasteiger partial charge in [-0.15, -0.1) is 0 Å². The van der Waals surface area contributed by atoms with E-state index in [0.717, 1.165) is 22.8 Å². The molecule has 3 aromatic rings. The van der Waals surface area contributed by atoms with E-state index in [0.29, 0.717) is 17.4 Å². The number of carbonyl (C=O) groups is 1. The quantitative estimate of drug-likeness (QED) is 0.644. The Labute approximate surface area is 157 Å². The van der Waals surface area contributed by atoms with E-state index in [-0.39, 0.29) is 12.3 Å². The number of nitrogens with one attached hydrogen (secondary N) is 2. The first-order valence-electron chi connectivity index (χ1n) is 8.50. The van der Waals surface area contributed by atoms with Crippen LogP contribution in [-0.4, -0.2) is 39.6 Å². The zero-order chi connectivity index (χ0) is 19.4. The van der Waals surface area contributed by atoms with E-state index in [1.165, 1.54) is 0 Å². The molecule has 0 aliphatic carbocycles. The van der Waals surface area contributed by atoms with Crippen molar-refractivity contribution in [2.24, 2.45) is 0 Å². The molecule has 0 fully saturated rings. The highest BCUT2D eigenvalue weighted by molar-refractivity contribution is 5.87. The highest BCUT2D eigenvalue weighted by atomic mass is 16.5. The number of H-pyrrole nitrogens is 1. The first-order chi connectivity index (χ1) is 13.0. The van der Waals surface area contributed by atoms with Gasteiger partial charge in [-0.2, -0.15) is 0 Å². The Balaban J connectivity index is 1.89. The zero-order valence-electron chi connectivity index (χ0n) is 15.7. The minimum absolute atomic E-state index is 0.210. The van der Waals surface area contributed by atoms with Crippen molar-refractivity contribution in [1.29, 1.82) is 0 Å². The molecule has 8 nitrogen and oxygen atoms in total. The molecular weight excluding hydrogens is 346 g/mol. The van der Waals surface area contributed by atoms with Crippen LogP contribution in [0.2, 0.25) is 0 Å². The van der Waals surface area contributed by atoms with Crippen LogP contribution in [0, 0.1) is 13.8 Å². The van der Waals surface area contributed by atoms with Gasteiger partial charge in [-0.05, 0) is 39.0 Å². The van der Waals surface area contributed by atoms with Gasteiger partial charge in [0.2, 0.25) is 5.95 Å². The summed E-state index contributed by atoms with van der Waals surface area (Å²) in [6.07, 6.45) is 1.83. The van der Waals surface area contributed by atoms with Gasteiger partial charge in [-0.25, -0.2) is 19.7 Å². The van der Waals surface area contributed by atoms with E-state index >= 15 is 0 Å². The number of aromatic amines is 1. The van der Waals surface area contributed by atoms with Crippen LogP contribution >= 0.6 is 0 Å². The van der Waals surface area contributed by atoms with E-state index < -0.39 is 5.97 Å². The molecule has 3 rings (SSSR count). The molecule has 140 valence electrons. The third-order valence-corrected chi connectivity index (χ3v) is 3.76. The van der Waals surface area contributed by atoms with Crippen molar-refractivity contribution in [2.75, 3.05) is 19.0 Å². The molecule has 0 atom stereocenters. The minimum atomic E-state index is -0.479. The number of imidazole rings is 1. The van der Waals surface area contributed by atoms with Gasteiger partial charge in [0.1, 0.15) is 11.6 Å². The molecule has 1 aromatic carbocycles. The van der Waals surface area contributed by atoms with Crippen molar-refractivity contribution in [2.45, 2.75) is 20.8 Å². The summed E-state index contributed by atoms with van der Waals surface area (Å²) in [6, 6.07) is 7.17. The van der Waals surface area contributed by atoms with Crippen LogP contribution in [0.15, 0.2) is 30.5 Å². The summed E-state index contributed by atoms with van der Waals surface area (Å²) in [7, 11) is 1.60. The van der Waals surface area contributed by atoms with Crippen LogP contribution in [0.5, 0.6) is 5.75 Å². The number of esters is 1. The Hall–Kier alpha value is -3.42. The van der Waals surface area contributed by atoms with E-state index in [9.17, 15) is 4.79 Å². The first-order valence-corrected chi connectivity index (χ1v) is 8.50. The number of hydrogen-bond donors (Lipinski definition) is 2. The summed E-state index contributed by atoms with van der Waals surface area (Å²) in [5, 5.41) is 3.10. The highest BCUT2D eigenvalue weighted by Gasteiger charge is 2.13. The monoisotopic (exact) mass is 367 g/mol. The summed E-state index contributed by atoms with van der Waals surface area (Å²) >= 11 is 0. The summed E-state index contributed by atoms with van der Waals surface area (Å²) in [6.45, 7) is 5.74. The topological polar surface area (TPSA) is 102 Å². The van der Waals surface area contributed by atoms with E-state index in [4.69, 9.17) is 9.47 Å². The Morgan fingerprint density at radius 3 is 2.63 bits per heavy atom. The third kappa shape index (κ3) is 4.22. The van der Waals surface area contributed by atoms with Crippen molar-refractivity contribution in [3.63, 3.8) is 0 Å². The molecule has 0 saturated carbocycles. The predicted molar refractivity (Wildman–Crippen MR) is 101 cm³/mol. The average Bonchev–Trinajstić information content (AvgIpc) is 3.07. The van der Waals surface area contributed by atoms with E-state index in [1.807, 2.05) is 31.3 Å². The second-order valence-electron chi connectivity index (χ2n) is 5.87. The van der Waals surface area contributed by atoms with Crippen LogP contribution in [0.4, 0.5) is 11.6 Å². The van der Waals surface area contributed by atoms with Gasteiger partial charge in [0.05, 0.1) is 25.0 Å². The SMILES string of the molecule is CCOC(=O)c1cc(C)nc(Nc2ccc(-c3nc(C)c[nH]3)c(OC)c2)n1. The number of nitrogens with zero attached hydrogens (tertiary/aromatic N) is 3. The second-order valence-corrected chi connectivity index (χ2v) is 5.87. The molecule has 0 spiro atoms. The molecule has 0 bridgehead atoms. The van der Waals surface area contributed by atoms with Crippen LogP contribution in [0.25, 0.3) is 11.4 Å². The number of methoxy groups -OCH3 is 1. The predicted octanol–water partition coefficient (Wildman–Crippen LogP) is 3.41. The van der Waals surface area contributed by atoms with Crippen molar-refractivity contribution in [3.05, 3.63) is 47.5 Å². The van der Waals surface area contributed by atoms with Crippen molar-refractivity contribution in [3.8, 4) is 17.1 Å². The molecule has 0 unspecified atom stereocenters. The standard InChI is InChI=1S/C19H21N5O3/c1-5-27-18(25)15-8-11(2)22-19(24-15)23-13-6-7-14(16(9-13)26-4)17-20-10-12(3)21-17/h6-10H,5H2,1-4H3,(H,20,21)(H,22,23,24). The number of aryl methyl sites for hydroxylation is 2. The number of hydrogen-bond acceptors (Lipinski definition) is 7. The average molecular weight is 367 g/mol. The fraction of sp³-hybridized carbons (Fsp3) is 0.263. The Morgan fingerprint density at radius 2 is 1.96 bits per heavy atom. The molecule has 0 aliphatic rings. The Kier molecular flexibility index (Phi) is 5.35. The number of rotatable bonds is 6. The summed E-state index contributed by atoms with van der Waals surface area (Å²) in [4.78, 5) is 28.0. The largest absolute Gasteiger partial charge is 0.496 e. The zero-order valence-corrected chi connectivity index (χ0v) is 15.7. The second kappa shape index (κ2) is 7.86. The number of ether oxygens (including phenoxy) is 2. The molecule has 2 N–H and O–H groups in total.